The third-order valence-electron chi connectivity index (χ3n) is 2.31. The summed E-state index contributed by atoms with van der Waals surface area (Å²) in [7, 11) is 0. The molecule has 7 heteroatoms. The third kappa shape index (κ3) is 3.12. The van der Waals surface area contributed by atoms with Crippen molar-refractivity contribution in [2.45, 2.75) is 32.8 Å². The Balaban J connectivity index is 2.34. The first kappa shape index (κ1) is 13.1. The van der Waals surface area contributed by atoms with E-state index in [-0.39, 0.29) is 12.0 Å². The van der Waals surface area contributed by atoms with Gasteiger partial charge in [-0.2, -0.15) is 15.3 Å². The molecule has 2 heterocycles. The second kappa shape index (κ2) is 4.75. The molecule has 0 spiro atoms. The van der Waals surface area contributed by atoms with Gasteiger partial charge in [0.1, 0.15) is 5.60 Å². The molecule has 2 aromatic rings. The van der Waals surface area contributed by atoms with Crippen molar-refractivity contribution in [3.8, 4) is 0 Å². The number of rotatable bonds is 2. The summed E-state index contributed by atoms with van der Waals surface area (Å²) in [6, 6.07) is 0. The summed E-state index contributed by atoms with van der Waals surface area (Å²) in [4.78, 5) is 23.3. The molecule has 0 aliphatic heterocycles. The van der Waals surface area contributed by atoms with Crippen LogP contribution in [-0.4, -0.2) is 32.0 Å². The van der Waals surface area contributed by atoms with Crippen LogP contribution >= 0.6 is 0 Å². The number of esters is 1. The number of nitrogens with one attached hydrogen (secondary N) is 1. The van der Waals surface area contributed by atoms with Crippen molar-refractivity contribution in [2.75, 3.05) is 0 Å². The number of H-pyrrole nitrogens is 1. The molecule has 0 atom stereocenters. The summed E-state index contributed by atoms with van der Waals surface area (Å²) in [6.45, 7) is 5.36. The Morgan fingerprint density at radius 2 is 1.89 bits per heavy atom. The fraction of sp³-hybridized carbons (Fsp3) is 0.417. The van der Waals surface area contributed by atoms with Crippen LogP contribution in [0.15, 0.2) is 17.2 Å². The lowest BCUT2D eigenvalue weighted by Gasteiger charge is -2.19. The van der Waals surface area contributed by atoms with Gasteiger partial charge in [0.2, 0.25) is 0 Å². The van der Waals surface area contributed by atoms with Crippen LogP contribution in [0.2, 0.25) is 0 Å². The predicted octanol–water partition coefficient (Wildman–Crippen LogP) is 0.597. The van der Waals surface area contributed by atoms with Crippen LogP contribution in [0, 0.1) is 0 Å². The topological polar surface area (TPSA) is 97.8 Å². The van der Waals surface area contributed by atoms with E-state index in [0.717, 1.165) is 0 Å². The highest BCUT2D eigenvalue weighted by Gasteiger charge is 2.18. The van der Waals surface area contributed by atoms with E-state index in [0.29, 0.717) is 16.5 Å². The van der Waals surface area contributed by atoms with Crippen molar-refractivity contribution in [1.82, 2.24) is 20.4 Å². The highest BCUT2D eigenvalue weighted by atomic mass is 16.6. The van der Waals surface area contributed by atoms with Crippen LogP contribution in [0.25, 0.3) is 10.8 Å². The quantitative estimate of drug-likeness (QED) is 0.796. The molecule has 1 N–H and O–H groups in total. The lowest BCUT2D eigenvalue weighted by molar-refractivity contribution is -0.153. The van der Waals surface area contributed by atoms with E-state index in [1.165, 1.54) is 12.4 Å². The van der Waals surface area contributed by atoms with Gasteiger partial charge in [0.05, 0.1) is 29.9 Å². The van der Waals surface area contributed by atoms with Gasteiger partial charge in [-0.1, -0.05) is 0 Å². The lowest BCUT2D eigenvalue weighted by Crippen LogP contribution is -2.25. The number of carbonyl (C=O) groups is 1. The molecule has 0 saturated heterocycles. The average molecular weight is 262 g/mol. The van der Waals surface area contributed by atoms with E-state index in [1.54, 1.807) is 20.8 Å². The molecule has 2 aromatic heterocycles. The van der Waals surface area contributed by atoms with Crippen LogP contribution in [0.1, 0.15) is 26.5 Å². The molecule has 100 valence electrons. The lowest BCUT2D eigenvalue weighted by atomic mass is 10.1. The maximum atomic E-state index is 11.8. The van der Waals surface area contributed by atoms with Gasteiger partial charge >= 0.3 is 5.97 Å². The normalized spacial score (nSPS) is 11.5. The Morgan fingerprint density at radius 1 is 1.26 bits per heavy atom. The largest absolute Gasteiger partial charge is 0.460 e. The number of ether oxygens (including phenoxy) is 1. The molecule has 0 fully saturated rings. The first-order chi connectivity index (χ1) is 8.87. The molecule has 2 rings (SSSR count). The predicted molar refractivity (Wildman–Crippen MR) is 67.5 cm³/mol. The highest BCUT2D eigenvalue weighted by Crippen LogP contribution is 2.13. The molecule has 0 aliphatic carbocycles. The molecule has 0 aliphatic rings. The zero-order valence-electron chi connectivity index (χ0n) is 10.9. The maximum Gasteiger partial charge on any atom is 0.312 e. The zero-order valence-corrected chi connectivity index (χ0v) is 10.9. The smallest absolute Gasteiger partial charge is 0.312 e. The van der Waals surface area contributed by atoms with E-state index in [9.17, 15) is 9.59 Å². The van der Waals surface area contributed by atoms with Gasteiger partial charge in [-0.05, 0) is 20.8 Å². The van der Waals surface area contributed by atoms with E-state index in [4.69, 9.17) is 4.74 Å². The van der Waals surface area contributed by atoms with Gasteiger partial charge in [-0.15, -0.1) is 0 Å². The Hall–Kier alpha value is -2.31. The molecule has 0 radical (unpaired) electrons. The highest BCUT2D eigenvalue weighted by molar-refractivity contribution is 5.85. The molecule has 7 nitrogen and oxygen atoms in total. The molecule has 0 saturated carbocycles. The second-order valence-electron chi connectivity index (χ2n) is 5.08. The van der Waals surface area contributed by atoms with Gasteiger partial charge < -0.3 is 4.74 Å². The number of hydrogen-bond acceptors (Lipinski definition) is 6. The van der Waals surface area contributed by atoms with Gasteiger partial charge in [0, 0.05) is 5.39 Å². The molecular formula is C12H14N4O3. The van der Waals surface area contributed by atoms with Crippen LogP contribution in [0.4, 0.5) is 0 Å². The number of nitrogens with zero attached hydrogens (tertiary/aromatic N) is 3. The van der Waals surface area contributed by atoms with Crippen LogP contribution in [0.3, 0.4) is 0 Å². The van der Waals surface area contributed by atoms with Crippen molar-refractivity contribution in [3.05, 3.63) is 28.4 Å². The van der Waals surface area contributed by atoms with Crippen LogP contribution in [-0.2, 0) is 16.0 Å². The van der Waals surface area contributed by atoms with E-state index >= 15 is 0 Å². The summed E-state index contributed by atoms with van der Waals surface area (Å²) in [5.74, 6) is -0.412. The number of aromatic amines is 1. The first-order valence-corrected chi connectivity index (χ1v) is 5.76. The molecule has 0 unspecified atom stereocenters. The summed E-state index contributed by atoms with van der Waals surface area (Å²) >= 11 is 0. The van der Waals surface area contributed by atoms with Crippen molar-refractivity contribution in [1.29, 1.82) is 0 Å². The number of hydrogen-bond donors (Lipinski definition) is 1. The van der Waals surface area contributed by atoms with E-state index in [1.807, 2.05) is 0 Å². The first-order valence-electron chi connectivity index (χ1n) is 5.76. The van der Waals surface area contributed by atoms with E-state index in [2.05, 4.69) is 20.4 Å². The van der Waals surface area contributed by atoms with Gasteiger partial charge in [0.15, 0.2) is 0 Å². The molecule has 0 amide bonds. The zero-order chi connectivity index (χ0) is 14.0. The third-order valence-corrected chi connectivity index (χ3v) is 2.31. The number of carbonyl (C=O) groups excluding carboxylic acids is 1. The summed E-state index contributed by atoms with van der Waals surface area (Å²) in [5, 5.41) is 14.4. The van der Waals surface area contributed by atoms with Crippen molar-refractivity contribution >= 4 is 16.7 Å². The minimum atomic E-state index is -0.561. The van der Waals surface area contributed by atoms with E-state index < -0.39 is 11.6 Å². The Morgan fingerprint density at radius 3 is 2.53 bits per heavy atom. The standard InChI is InChI=1S/C12H14N4O3/c1-12(2,3)19-10(17)4-9-7-5-13-14-6-8(7)11(18)16-15-9/h5-6H,4H2,1-3H3,(H,16,18). The van der Waals surface area contributed by atoms with Crippen molar-refractivity contribution < 1.29 is 9.53 Å². The Kier molecular flexibility index (Phi) is 3.28. The number of fused-ring (bicyclic) bond motifs is 1. The second-order valence-corrected chi connectivity index (χ2v) is 5.08. The van der Waals surface area contributed by atoms with Crippen LogP contribution in [0.5, 0.6) is 0 Å². The molecule has 19 heavy (non-hydrogen) atoms. The number of aromatic nitrogens is 4. The minimum Gasteiger partial charge on any atom is -0.460 e. The Bertz CT molecular complexity index is 672. The summed E-state index contributed by atoms with van der Waals surface area (Å²) in [5.41, 5.74) is -0.508. The van der Waals surface area contributed by atoms with Gasteiger partial charge in [-0.3, -0.25) is 9.59 Å². The molecular weight excluding hydrogens is 248 g/mol. The molecule has 0 bridgehead atoms. The summed E-state index contributed by atoms with van der Waals surface area (Å²) < 4.78 is 5.21. The Labute approximate surface area is 109 Å². The van der Waals surface area contributed by atoms with Gasteiger partial charge in [-0.25, -0.2) is 5.10 Å². The van der Waals surface area contributed by atoms with Crippen molar-refractivity contribution in [3.63, 3.8) is 0 Å². The van der Waals surface area contributed by atoms with Crippen LogP contribution < -0.4 is 5.56 Å². The van der Waals surface area contributed by atoms with Gasteiger partial charge in [0.25, 0.3) is 5.56 Å². The fourth-order valence-electron chi connectivity index (χ4n) is 1.62. The summed E-state index contributed by atoms with van der Waals surface area (Å²) in [6.07, 6.45) is 2.72. The SMILES string of the molecule is CC(C)(C)OC(=O)Cc1n[nH]c(=O)c2cnncc12. The molecule has 0 aromatic carbocycles. The monoisotopic (exact) mass is 262 g/mol. The average Bonchev–Trinajstić information content (AvgIpc) is 2.31. The minimum absolute atomic E-state index is 0.0315. The fourth-order valence-corrected chi connectivity index (χ4v) is 1.62. The van der Waals surface area contributed by atoms with Crippen molar-refractivity contribution in [2.24, 2.45) is 0 Å². The maximum absolute atomic E-state index is 11.8.